The summed E-state index contributed by atoms with van der Waals surface area (Å²) in [5.74, 6) is 0.104. The van der Waals surface area contributed by atoms with Crippen molar-refractivity contribution >= 4 is 40.7 Å². The van der Waals surface area contributed by atoms with Crippen molar-refractivity contribution < 1.29 is 14.3 Å². The zero-order chi connectivity index (χ0) is 29.7. The van der Waals surface area contributed by atoms with E-state index >= 15 is 0 Å². The zero-order valence-corrected chi connectivity index (χ0v) is 25.1. The summed E-state index contributed by atoms with van der Waals surface area (Å²) in [6.07, 6.45) is 1.62. The molecule has 0 fully saturated rings. The van der Waals surface area contributed by atoms with Crippen LogP contribution in [0.5, 0.6) is 5.75 Å². The summed E-state index contributed by atoms with van der Waals surface area (Å²) in [4.78, 5) is 40.9. The van der Waals surface area contributed by atoms with Crippen LogP contribution in [0.3, 0.4) is 0 Å². The van der Waals surface area contributed by atoms with Crippen LogP contribution in [0.4, 0.5) is 5.69 Å². The van der Waals surface area contributed by atoms with E-state index in [-0.39, 0.29) is 28.4 Å². The highest BCUT2D eigenvalue weighted by molar-refractivity contribution is 6.31. The minimum Gasteiger partial charge on any atom is -0.496 e. The van der Waals surface area contributed by atoms with E-state index in [0.29, 0.717) is 33.1 Å². The molecule has 10 heteroatoms. The van der Waals surface area contributed by atoms with Gasteiger partial charge in [0, 0.05) is 42.5 Å². The lowest BCUT2D eigenvalue weighted by atomic mass is 9.98. The normalized spacial score (nSPS) is 14.5. The Morgan fingerprint density at radius 2 is 1.76 bits per heavy atom. The number of carbonyl (C=O) groups is 2. The molecule has 5 rings (SSSR count). The number of carbonyl (C=O) groups excluding carboxylic acids is 2. The number of hydrogen-bond donors (Lipinski definition) is 1. The monoisotopic (exact) mass is 592 g/mol. The van der Waals surface area contributed by atoms with Crippen molar-refractivity contribution in [2.24, 2.45) is 7.05 Å². The van der Waals surface area contributed by atoms with Gasteiger partial charge >= 0.3 is 0 Å². The van der Waals surface area contributed by atoms with Crippen molar-refractivity contribution in [2.45, 2.75) is 32.9 Å². The van der Waals surface area contributed by atoms with E-state index in [1.54, 1.807) is 56.6 Å². The van der Waals surface area contributed by atoms with Gasteiger partial charge in [0.2, 0.25) is 0 Å². The van der Waals surface area contributed by atoms with Gasteiger partial charge in [0.15, 0.2) is 0 Å². The van der Waals surface area contributed by atoms with Crippen molar-refractivity contribution in [2.75, 3.05) is 19.1 Å². The van der Waals surface area contributed by atoms with Gasteiger partial charge in [0.1, 0.15) is 16.8 Å². The van der Waals surface area contributed by atoms with Gasteiger partial charge in [-0.2, -0.15) is 0 Å². The third kappa shape index (κ3) is 4.71. The van der Waals surface area contributed by atoms with E-state index in [0.717, 1.165) is 22.5 Å². The molecule has 2 aromatic carbocycles. The fraction of sp³-hybridized carbons (Fsp3) is 0.258. The lowest BCUT2D eigenvalue weighted by molar-refractivity contribution is 0.0961. The molecule has 212 valence electrons. The molecule has 4 aromatic rings. The molecule has 1 unspecified atom stereocenters. The maximum absolute atomic E-state index is 14.3. The van der Waals surface area contributed by atoms with Gasteiger partial charge in [-0.25, -0.2) is 0 Å². The molecule has 1 aliphatic heterocycles. The zero-order valence-electron chi connectivity index (χ0n) is 23.6. The highest BCUT2D eigenvalue weighted by Crippen LogP contribution is 2.48. The van der Waals surface area contributed by atoms with E-state index in [4.69, 9.17) is 27.9 Å². The molecular formula is C31H30Cl2N4O4. The van der Waals surface area contributed by atoms with Gasteiger partial charge in [0.05, 0.1) is 29.7 Å². The number of methoxy groups -OCH3 is 1. The van der Waals surface area contributed by atoms with Crippen LogP contribution in [-0.2, 0) is 7.05 Å². The summed E-state index contributed by atoms with van der Waals surface area (Å²) in [5, 5.41) is 3.27. The molecule has 0 radical (unpaired) electrons. The Balaban J connectivity index is 1.83. The summed E-state index contributed by atoms with van der Waals surface area (Å²) in [7, 11) is 4.76. The Hall–Kier alpha value is -4.01. The number of aryl methyl sites for hydroxylation is 2. The second kappa shape index (κ2) is 10.8. The molecule has 2 aromatic heterocycles. The first-order valence-corrected chi connectivity index (χ1v) is 13.8. The number of halogens is 2. The van der Waals surface area contributed by atoms with Crippen LogP contribution >= 0.6 is 23.2 Å². The fourth-order valence-electron chi connectivity index (χ4n) is 5.60. The average molecular weight is 594 g/mol. The molecule has 1 atom stereocenters. The Kier molecular flexibility index (Phi) is 7.48. The van der Waals surface area contributed by atoms with Gasteiger partial charge in [-0.15, -0.1) is 0 Å². The maximum Gasteiger partial charge on any atom is 0.269 e. The summed E-state index contributed by atoms with van der Waals surface area (Å²) >= 11 is 12.6. The SMILES string of the molecule is CNC(=O)c1ccc(OC)c(-c2cc3c(n2C(C)C)C(c2ccc(Cl)cc2C)N(c2cc(Cl)c(=O)n(C)c2)C3=O)c1. The maximum atomic E-state index is 14.3. The van der Waals surface area contributed by atoms with Crippen LogP contribution in [0.1, 0.15) is 63.5 Å². The number of hydrogen-bond acceptors (Lipinski definition) is 4. The Morgan fingerprint density at radius 3 is 2.37 bits per heavy atom. The van der Waals surface area contributed by atoms with E-state index in [1.807, 2.05) is 39.0 Å². The van der Waals surface area contributed by atoms with Gasteiger partial charge in [-0.3, -0.25) is 19.3 Å². The Morgan fingerprint density at radius 1 is 1.02 bits per heavy atom. The number of pyridine rings is 1. The fourth-order valence-corrected chi connectivity index (χ4v) is 6.07. The third-order valence-corrected chi connectivity index (χ3v) is 7.96. The summed E-state index contributed by atoms with van der Waals surface area (Å²) < 4.78 is 9.18. The number of nitrogens with zero attached hydrogens (tertiary/aromatic N) is 3. The number of rotatable bonds is 6. The average Bonchev–Trinajstić information content (AvgIpc) is 3.46. The topological polar surface area (TPSA) is 85.6 Å². The first-order chi connectivity index (χ1) is 19.5. The van der Waals surface area contributed by atoms with Crippen molar-refractivity contribution in [3.8, 4) is 17.0 Å². The van der Waals surface area contributed by atoms with Crippen molar-refractivity contribution in [3.05, 3.63) is 103 Å². The van der Waals surface area contributed by atoms with Crippen LogP contribution in [0.25, 0.3) is 11.3 Å². The minimum atomic E-state index is -0.549. The number of fused-ring (bicyclic) bond motifs is 1. The third-order valence-electron chi connectivity index (χ3n) is 7.45. The van der Waals surface area contributed by atoms with Crippen LogP contribution in [0.15, 0.2) is 59.5 Å². The highest BCUT2D eigenvalue weighted by Gasteiger charge is 2.44. The Bertz CT molecular complexity index is 1750. The molecule has 0 saturated heterocycles. The molecule has 1 N–H and O–H groups in total. The number of amides is 2. The predicted molar refractivity (Wildman–Crippen MR) is 162 cm³/mol. The van der Waals surface area contributed by atoms with Crippen LogP contribution < -0.4 is 20.5 Å². The first kappa shape index (κ1) is 28.5. The second-order valence-electron chi connectivity index (χ2n) is 10.3. The molecule has 0 saturated carbocycles. The van der Waals surface area contributed by atoms with Crippen molar-refractivity contribution in [1.29, 1.82) is 0 Å². The molecule has 0 bridgehead atoms. The van der Waals surface area contributed by atoms with Gasteiger partial charge in [-0.1, -0.05) is 29.3 Å². The number of anilines is 1. The lowest BCUT2D eigenvalue weighted by Gasteiger charge is -2.30. The van der Waals surface area contributed by atoms with Crippen molar-refractivity contribution in [1.82, 2.24) is 14.5 Å². The van der Waals surface area contributed by atoms with E-state index in [2.05, 4.69) is 9.88 Å². The number of benzene rings is 2. The van der Waals surface area contributed by atoms with Gasteiger partial charge in [-0.05, 0) is 74.4 Å². The molecular weight excluding hydrogens is 563 g/mol. The smallest absolute Gasteiger partial charge is 0.269 e. The summed E-state index contributed by atoms with van der Waals surface area (Å²) in [5.41, 5.74) is 5.12. The van der Waals surface area contributed by atoms with Crippen LogP contribution in [0.2, 0.25) is 10.0 Å². The standard InChI is InChI=1S/C31H30Cl2N4O4/c1-16(2)36-25(22-12-18(29(38)34-4)7-10-26(22)41-6)14-23-28(36)27(21-9-8-19(32)11-17(21)3)37(30(23)39)20-13-24(33)31(40)35(5)15-20/h7-16,27H,1-6H3,(H,34,38). The molecule has 0 aliphatic carbocycles. The van der Waals surface area contributed by atoms with Crippen LogP contribution in [0, 0.1) is 6.92 Å². The van der Waals surface area contributed by atoms with Crippen molar-refractivity contribution in [3.63, 3.8) is 0 Å². The first-order valence-electron chi connectivity index (χ1n) is 13.1. The summed E-state index contributed by atoms with van der Waals surface area (Å²) in [6.45, 7) is 6.04. The molecule has 1 aliphatic rings. The predicted octanol–water partition coefficient (Wildman–Crippen LogP) is 6.17. The minimum absolute atomic E-state index is 0.0177. The van der Waals surface area contributed by atoms with Gasteiger partial charge < -0.3 is 19.2 Å². The number of ether oxygens (including phenoxy) is 1. The van der Waals surface area contributed by atoms with E-state index in [1.165, 1.54) is 10.6 Å². The molecule has 0 spiro atoms. The second-order valence-corrected chi connectivity index (χ2v) is 11.2. The summed E-state index contributed by atoms with van der Waals surface area (Å²) in [6, 6.07) is 13.6. The van der Waals surface area contributed by atoms with E-state index in [9.17, 15) is 14.4 Å². The highest BCUT2D eigenvalue weighted by atomic mass is 35.5. The lowest BCUT2D eigenvalue weighted by Crippen LogP contribution is -2.32. The van der Waals surface area contributed by atoms with E-state index < -0.39 is 6.04 Å². The Labute approximate surface area is 248 Å². The largest absolute Gasteiger partial charge is 0.496 e. The molecule has 41 heavy (non-hydrogen) atoms. The number of aromatic nitrogens is 2. The van der Waals surface area contributed by atoms with Gasteiger partial charge in [0.25, 0.3) is 17.4 Å². The quantitative estimate of drug-likeness (QED) is 0.290. The molecule has 3 heterocycles. The number of nitrogens with one attached hydrogen (secondary N) is 1. The van der Waals surface area contributed by atoms with Crippen LogP contribution in [-0.4, -0.2) is 35.1 Å². The molecule has 8 nitrogen and oxygen atoms in total. The molecule has 2 amide bonds.